The summed E-state index contributed by atoms with van der Waals surface area (Å²) >= 11 is 1.73. The van der Waals surface area contributed by atoms with Crippen LogP contribution < -0.4 is 5.32 Å². The van der Waals surface area contributed by atoms with Gasteiger partial charge in [0.15, 0.2) is 0 Å². The molecule has 0 aliphatic heterocycles. The van der Waals surface area contributed by atoms with Gasteiger partial charge in [0.05, 0.1) is 0 Å². The van der Waals surface area contributed by atoms with Crippen LogP contribution in [0.4, 0.5) is 0 Å². The van der Waals surface area contributed by atoms with Crippen LogP contribution in [0.5, 0.6) is 0 Å². The molecule has 106 valence electrons. The molecule has 4 nitrogen and oxygen atoms in total. The van der Waals surface area contributed by atoms with Gasteiger partial charge in [-0.25, -0.2) is 0 Å². The molecule has 1 aromatic carbocycles. The quantitative estimate of drug-likeness (QED) is 0.775. The van der Waals surface area contributed by atoms with Gasteiger partial charge in [-0.15, -0.1) is 11.3 Å². The van der Waals surface area contributed by atoms with E-state index in [1.165, 1.54) is 22.9 Å². The predicted molar refractivity (Wildman–Crippen MR) is 83.6 cm³/mol. The normalized spacial score (nSPS) is 14.5. The first-order valence-corrected chi connectivity index (χ1v) is 7.97. The fourth-order valence-electron chi connectivity index (χ4n) is 2.46. The van der Waals surface area contributed by atoms with Gasteiger partial charge in [0.1, 0.15) is 5.69 Å². The van der Waals surface area contributed by atoms with Gasteiger partial charge in [0.25, 0.3) is 5.91 Å². The van der Waals surface area contributed by atoms with Crippen LogP contribution in [-0.4, -0.2) is 16.1 Å². The fourth-order valence-corrected chi connectivity index (χ4v) is 3.23. The van der Waals surface area contributed by atoms with Crippen molar-refractivity contribution in [2.24, 2.45) is 0 Å². The summed E-state index contributed by atoms with van der Waals surface area (Å²) in [5.74, 6) is 0.462. The van der Waals surface area contributed by atoms with E-state index in [1.54, 1.807) is 11.3 Å². The maximum Gasteiger partial charge on any atom is 0.272 e. The number of nitrogens with zero attached hydrogens (tertiary/aromatic N) is 1. The maximum absolute atomic E-state index is 12.1. The van der Waals surface area contributed by atoms with Crippen molar-refractivity contribution in [3.63, 3.8) is 0 Å². The summed E-state index contributed by atoms with van der Waals surface area (Å²) < 4.78 is 1.27. The Bertz CT molecular complexity index is 801. The minimum Gasteiger partial charge on any atom is -0.347 e. The molecule has 2 N–H and O–H groups in total. The van der Waals surface area contributed by atoms with Gasteiger partial charge in [0.2, 0.25) is 0 Å². The summed E-state index contributed by atoms with van der Waals surface area (Å²) in [6.07, 6.45) is 2.40. The molecule has 0 bridgehead atoms. The zero-order valence-electron chi connectivity index (χ0n) is 11.4. The number of hydrogen-bond donors (Lipinski definition) is 2. The molecule has 0 atom stereocenters. The van der Waals surface area contributed by atoms with E-state index >= 15 is 0 Å². The average Bonchev–Trinajstić information content (AvgIpc) is 3.05. The van der Waals surface area contributed by atoms with E-state index < -0.39 is 0 Å². The van der Waals surface area contributed by atoms with E-state index in [1.807, 2.05) is 6.07 Å². The second-order valence-corrected chi connectivity index (χ2v) is 6.41. The molecular formula is C16H15N3OS. The lowest BCUT2D eigenvalue weighted by atomic mass is 10.1. The number of benzene rings is 1. The lowest BCUT2D eigenvalue weighted by Gasteiger charge is -2.03. The molecule has 1 saturated carbocycles. The molecule has 1 aliphatic carbocycles. The van der Waals surface area contributed by atoms with Gasteiger partial charge in [0, 0.05) is 22.9 Å². The molecule has 0 spiro atoms. The lowest BCUT2D eigenvalue weighted by Crippen LogP contribution is -2.23. The first-order chi connectivity index (χ1) is 10.3. The predicted octanol–water partition coefficient (Wildman–Crippen LogP) is 3.43. The number of thiophene rings is 1. The van der Waals surface area contributed by atoms with Gasteiger partial charge in [-0.05, 0) is 53.4 Å². The first-order valence-electron chi connectivity index (χ1n) is 7.09. The number of rotatable bonds is 4. The third kappa shape index (κ3) is 2.56. The second-order valence-electron chi connectivity index (χ2n) is 5.46. The summed E-state index contributed by atoms with van der Waals surface area (Å²) in [6, 6.07) is 10.2. The SMILES string of the molecule is O=C(NCc1ccc2sccc2c1)c1cc(C2CC2)[nH]n1. The lowest BCUT2D eigenvalue weighted by molar-refractivity contribution is 0.0946. The van der Waals surface area contributed by atoms with Crippen molar-refractivity contribution >= 4 is 27.3 Å². The molecule has 1 aliphatic rings. The first kappa shape index (κ1) is 12.6. The number of carbonyl (C=O) groups is 1. The molecule has 1 fully saturated rings. The topological polar surface area (TPSA) is 57.8 Å². The Hall–Kier alpha value is -2.14. The molecule has 4 rings (SSSR count). The van der Waals surface area contributed by atoms with E-state index in [0.29, 0.717) is 18.2 Å². The smallest absolute Gasteiger partial charge is 0.272 e. The Balaban J connectivity index is 1.43. The Morgan fingerprint density at radius 3 is 3.10 bits per heavy atom. The van der Waals surface area contributed by atoms with E-state index in [2.05, 4.69) is 45.2 Å². The van der Waals surface area contributed by atoms with Crippen molar-refractivity contribution in [1.82, 2.24) is 15.5 Å². The Morgan fingerprint density at radius 1 is 1.33 bits per heavy atom. The van der Waals surface area contributed by atoms with Gasteiger partial charge in [-0.2, -0.15) is 5.10 Å². The number of nitrogens with one attached hydrogen (secondary N) is 2. The molecule has 5 heteroatoms. The highest BCUT2D eigenvalue weighted by Crippen LogP contribution is 2.38. The van der Waals surface area contributed by atoms with Crippen LogP contribution >= 0.6 is 11.3 Å². The highest BCUT2D eigenvalue weighted by Gasteiger charge is 2.26. The molecule has 0 unspecified atom stereocenters. The van der Waals surface area contributed by atoms with Crippen LogP contribution in [0.2, 0.25) is 0 Å². The summed E-state index contributed by atoms with van der Waals surface area (Å²) in [5, 5.41) is 13.3. The van der Waals surface area contributed by atoms with E-state index in [0.717, 1.165) is 11.3 Å². The van der Waals surface area contributed by atoms with Gasteiger partial charge in [-0.1, -0.05) is 6.07 Å². The van der Waals surface area contributed by atoms with Crippen molar-refractivity contribution in [1.29, 1.82) is 0 Å². The summed E-state index contributed by atoms with van der Waals surface area (Å²) in [5.41, 5.74) is 2.67. The highest BCUT2D eigenvalue weighted by atomic mass is 32.1. The number of carbonyl (C=O) groups excluding carboxylic acids is 1. The summed E-state index contributed by atoms with van der Waals surface area (Å²) in [6.45, 7) is 0.524. The van der Waals surface area contributed by atoms with Crippen LogP contribution in [0.15, 0.2) is 35.7 Å². The van der Waals surface area contributed by atoms with Crippen molar-refractivity contribution in [3.05, 3.63) is 52.7 Å². The van der Waals surface area contributed by atoms with E-state index in [9.17, 15) is 4.79 Å². The Morgan fingerprint density at radius 2 is 2.24 bits per heavy atom. The van der Waals surface area contributed by atoms with Crippen molar-refractivity contribution < 1.29 is 4.79 Å². The Kier molecular flexibility index (Phi) is 3.00. The molecule has 2 aromatic heterocycles. The van der Waals surface area contributed by atoms with E-state index in [4.69, 9.17) is 0 Å². The highest BCUT2D eigenvalue weighted by molar-refractivity contribution is 7.17. The fraction of sp³-hybridized carbons (Fsp3) is 0.250. The zero-order valence-corrected chi connectivity index (χ0v) is 12.2. The maximum atomic E-state index is 12.1. The summed E-state index contributed by atoms with van der Waals surface area (Å²) in [4.78, 5) is 12.1. The second kappa shape index (κ2) is 5.00. The number of amides is 1. The largest absolute Gasteiger partial charge is 0.347 e. The standard InChI is InChI=1S/C16H15N3OS/c20-16(14-8-13(18-19-14)11-2-3-11)17-9-10-1-4-15-12(7-10)5-6-21-15/h1,4-8,11H,2-3,9H2,(H,17,20)(H,18,19). The van der Waals surface area contributed by atoms with Crippen LogP contribution in [0.3, 0.4) is 0 Å². The number of aromatic amines is 1. The van der Waals surface area contributed by atoms with Crippen molar-refractivity contribution in [2.75, 3.05) is 0 Å². The number of H-pyrrole nitrogens is 1. The van der Waals surface area contributed by atoms with E-state index in [-0.39, 0.29) is 5.91 Å². The van der Waals surface area contributed by atoms with Gasteiger partial charge >= 0.3 is 0 Å². The van der Waals surface area contributed by atoms with Gasteiger partial charge in [-0.3, -0.25) is 9.89 Å². The molecule has 1 amide bonds. The minimum atomic E-state index is -0.122. The molecule has 3 aromatic rings. The molecule has 21 heavy (non-hydrogen) atoms. The molecular weight excluding hydrogens is 282 g/mol. The number of fused-ring (bicyclic) bond motifs is 1. The molecule has 0 radical (unpaired) electrons. The number of hydrogen-bond acceptors (Lipinski definition) is 3. The average molecular weight is 297 g/mol. The Labute approximate surface area is 126 Å². The van der Waals surface area contributed by atoms with Crippen LogP contribution in [0, 0.1) is 0 Å². The number of aromatic nitrogens is 2. The van der Waals surface area contributed by atoms with Crippen LogP contribution in [-0.2, 0) is 6.54 Å². The third-order valence-corrected chi connectivity index (χ3v) is 4.72. The van der Waals surface area contributed by atoms with Crippen LogP contribution in [0.25, 0.3) is 10.1 Å². The van der Waals surface area contributed by atoms with Crippen LogP contribution in [0.1, 0.15) is 40.5 Å². The minimum absolute atomic E-state index is 0.122. The third-order valence-electron chi connectivity index (χ3n) is 3.82. The van der Waals surface area contributed by atoms with Crippen molar-refractivity contribution in [3.8, 4) is 0 Å². The molecule has 2 heterocycles. The van der Waals surface area contributed by atoms with Gasteiger partial charge < -0.3 is 5.32 Å². The monoisotopic (exact) mass is 297 g/mol. The zero-order chi connectivity index (χ0) is 14.2. The van der Waals surface area contributed by atoms with Crippen molar-refractivity contribution in [2.45, 2.75) is 25.3 Å². The molecule has 0 saturated heterocycles. The summed E-state index contributed by atoms with van der Waals surface area (Å²) in [7, 11) is 0.